The Kier molecular flexibility index (Phi) is 11.1. The van der Waals surface area contributed by atoms with Crippen LogP contribution in [0.5, 0.6) is 11.5 Å². The van der Waals surface area contributed by atoms with Gasteiger partial charge in [-0.1, -0.05) is 42.5 Å². The highest BCUT2D eigenvalue weighted by atomic mass is 32.1. The second-order valence-corrected chi connectivity index (χ2v) is 18.7. The number of hydrogen-bond acceptors (Lipinski definition) is 12. The number of carbonyl (C=O) groups is 4. The van der Waals surface area contributed by atoms with Gasteiger partial charge in [-0.2, -0.15) is 0 Å². The van der Waals surface area contributed by atoms with Gasteiger partial charge in [0.15, 0.2) is 10.3 Å². The van der Waals surface area contributed by atoms with E-state index in [0.29, 0.717) is 32.9 Å². The molecule has 0 radical (unpaired) electrons. The number of nitrogens with zero attached hydrogens (tertiary/aromatic N) is 5. The van der Waals surface area contributed by atoms with Crippen LogP contribution >= 0.6 is 22.7 Å². The molecule has 1 unspecified atom stereocenters. The number of phenols is 2. The first kappa shape index (κ1) is 43.4. The number of nitrogens with one attached hydrogen (secondary N) is 3. The number of carbonyl (C=O) groups excluding carboxylic acids is 4. The van der Waals surface area contributed by atoms with Crippen LogP contribution in [0.2, 0.25) is 0 Å². The molecule has 2 atom stereocenters. The van der Waals surface area contributed by atoms with Crippen LogP contribution in [0.1, 0.15) is 56.8 Å². The summed E-state index contributed by atoms with van der Waals surface area (Å²) in [5.41, 5.74) is 1.72. The topological polar surface area (TPSA) is 180 Å². The molecule has 3 aliphatic rings. The van der Waals surface area contributed by atoms with Crippen LogP contribution in [-0.4, -0.2) is 79.8 Å². The van der Waals surface area contributed by atoms with Crippen molar-refractivity contribution in [2.45, 2.75) is 38.0 Å². The van der Waals surface area contributed by atoms with Crippen molar-refractivity contribution in [1.29, 1.82) is 0 Å². The molecule has 0 spiro atoms. The quantitative estimate of drug-likeness (QED) is 0.0856. The van der Waals surface area contributed by atoms with Crippen LogP contribution in [0.4, 0.5) is 20.3 Å². The largest absolute Gasteiger partial charge is 0.508 e. The molecule has 2 aromatic heterocycles. The highest BCUT2D eigenvalue weighted by Crippen LogP contribution is 2.47. The average Bonchev–Trinajstić information content (AvgIpc) is 4.18. The van der Waals surface area contributed by atoms with Gasteiger partial charge in [0.05, 0.1) is 0 Å². The maximum absolute atomic E-state index is 15.1. The van der Waals surface area contributed by atoms with Crippen molar-refractivity contribution in [3.05, 3.63) is 159 Å². The lowest BCUT2D eigenvalue weighted by molar-refractivity contribution is -0.127. The number of hydrogen-bond donors (Lipinski definition) is 5. The average molecular weight is 935 g/mol. The highest BCUT2D eigenvalue weighted by Gasteiger charge is 2.51. The Hall–Kier alpha value is -7.47. The highest BCUT2D eigenvalue weighted by molar-refractivity contribution is 7.14. The van der Waals surface area contributed by atoms with Gasteiger partial charge in [0, 0.05) is 90.4 Å². The van der Waals surface area contributed by atoms with Gasteiger partial charge in [-0.15, -0.1) is 22.7 Å². The molecule has 4 amide bonds. The smallest absolute Gasteiger partial charge is 0.256 e. The number of aromatic hydroxyl groups is 2. The van der Waals surface area contributed by atoms with Crippen molar-refractivity contribution in [3.63, 3.8) is 0 Å². The number of halogens is 1. The van der Waals surface area contributed by atoms with Gasteiger partial charge in [-0.25, -0.2) is 14.4 Å². The number of piperazine rings is 1. The van der Waals surface area contributed by atoms with Gasteiger partial charge in [-0.3, -0.25) is 29.8 Å². The summed E-state index contributed by atoms with van der Waals surface area (Å²) < 4.78 is 15.1. The summed E-state index contributed by atoms with van der Waals surface area (Å²) in [6, 6.07) is 26.9. The fraction of sp³-hybridized carbons (Fsp3) is 0.200. The third kappa shape index (κ3) is 7.54. The van der Waals surface area contributed by atoms with Crippen LogP contribution in [0, 0.1) is 5.82 Å². The molecule has 0 aliphatic carbocycles. The molecule has 0 bridgehead atoms. The van der Waals surface area contributed by atoms with Crippen molar-refractivity contribution in [2.75, 3.05) is 41.7 Å². The third-order valence-corrected chi connectivity index (χ3v) is 14.5. The van der Waals surface area contributed by atoms with Gasteiger partial charge in [0.25, 0.3) is 23.6 Å². The Balaban J connectivity index is 1.10. The van der Waals surface area contributed by atoms with Crippen molar-refractivity contribution >= 4 is 62.3 Å². The summed E-state index contributed by atoms with van der Waals surface area (Å²) in [7, 11) is 0. The van der Waals surface area contributed by atoms with Crippen LogP contribution in [-0.2, 0) is 33.8 Å². The van der Waals surface area contributed by atoms with Gasteiger partial charge < -0.3 is 30.2 Å². The molecule has 17 heteroatoms. The molecular formula is C50H43FN8O6S2. The van der Waals surface area contributed by atoms with E-state index < -0.39 is 40.4 Å². The van der Waals surface area contributed by atoms with E-state index in [1.165, 1.54) is 40.3 Å². The van der Waals surface area contributed by atoms with Crippen LogP contribution in [0.3, 0.4) is 0 Å². The second-order valence-electron chi connectivity index (χ2n) is 16.9. The number of thiazole rings is 2. The van der Waals surface area contributed by atoms with E-state index in [9.17, 15) is 24.6 Å². The Bertz CT molecular complexity index is 3090. The number of phenolic OH excluding ortho intramolecular Hbond substituents is 2. The molecule has 5 aromatic carbocycles. The molecule has 5 heterocycles. The lowest BCUT2D eigenvalue weighted by Crippen LogP contribution is -2.52. The molecule has 1 fully saturated rings. The predicted molar refractivity (Wildman–Crippen MR) is 255 cm³/mol. The normalized spacial score (nSPS) is 16.3. The molecule has 7 aromatic rings. The van der Waals surface area contributed by atoms with Crippen LogP contribution in [0.15, 0.2) is 120 Å². The summed E-state index contributed by atoms with van der Waals surface area (Å²) in [4.78, 5) is 71.7. The van der Waals surface area contributed by atoms with Crippen molar-refractivity contribution in [3.8, 4) is 33.8 Å². The van der Waals surface area contributed by atoms with E-state index in [1.54, 1.807) is 54.2 Å². The summed E-state index contributed by atoms with van der Waals surface area (Å²) >= 11 is 2.37. The minimum atomic E-state index is -1.98. The molecule has 10 rings (SSSR count). The zero-order valence-corrected chi connectivity index (χ0v) is 37.9. The molecule has 338 valence electrons. The summed E-state index contributed by atoms with van der Waals surface area (Å²) in [5.74, 6) is -3.67. The fourth-order valence-electron chi connectivity index (χ4n) is 9.39. The Morgan fingerprint density at radius 1 is 0.672 bits per heavy atom. The number of anilines is 3. The number of amides is 4. The first-order chi connectivity index (χ1) is 32.3. The molecule has 14 nitrogen and oxygen atoms in total. The second kappa shape index (κ2) is 17.1. The Morgan fingerprint density at radius 3 is 1.93 bits per heavy atom. The Morgan fingerprint density at radius 2 is 1.28 bits per heavy atom. The van der Waals surface area contributed by atoms with Crippen LogP contribution < -0.4 is 20.9 Å². The zero-order chi connectivity index (χ0) is 46.6. The van der Waals surface area contributed by atoms with Crippen LogP contribution in [0.25, 0.3) is 22.3 Å². The molecule has 3 aliphatic heterocycles. The first-order valence-corrected chi connectivity index (χ1v) is 23.3. The molecular weight excluding hydrogens is 892 g/mol. The standard InChI is InChI=1S/C50H43FN8O6S2/c1-49(45(64)55-47-53-17-21-66-47,58-27-31-5-3-4-6-35(31)43(58)62)39-13-9-30(25-42(39)61)36-23-32(29-7-11-34(12-8-29)57-19-15-52-16-20-57)24-37-38(36)28-59(44(37)63)50(2,40-26-33(51)10-14-41(40)60)46(65)56-48-54-18-22-67-48/h3-14,17-18,21-26,52,60-61H,15-16,19-20,27-28H2,1-2H3,(H,53,55,64)(H,54,56,65)/t49?,50-/m1/s1. The van der Waals surface area contributed by atoms with E-state index in [4.69, 9.17) is 0 Å². The molecule has 67 heavy (non-hydrogen) atoms. The SMILES string of the molecule is CC(C(=O)Nc1nccs1)(c1ccc(-c2cc(-c3ccc(N4CCNCC4)cc3)cc3c2CN([C@@](C)(C(=O)Nc2nccs2)c2cc(F)ccc2O)C3=O)cc1O)N1Cc2ccccc2C1=O. The maximum Gasteiger partial charge on any atom is 0.256 e. The summed E-state index contributed by atoms with van der Waals surface area (Å²) in [5, 5.41) is 36.4. The maximum atomic E-state index is 15.1. The first-order valence-electron chi connectivity index (χ1n) is 21.5. The Labute approximate surface area is 392 Å². The number of benzene rings is 5. The van der Waals surface area contributed by atoms with Gasteiger partial charge >= 0.3 is 0 Å². The number of fused-ring (bicyclic) bond motifs is 2. The third-order valence-electron chi connectivity index (χ3n) is 13.1. The van der Waals surface area contributed by atoms with E-state index in [0.717, 1.165) is 72.5 Å². The molecule has 5 N–H and O–H groups in total. The number of aromatic nitrogens is 2. The molecule has 0 saturated carbocycles. The van der Waals surface area contributed by atoms with E-state index in [1.807, 2.05) is 42.5 Å². The van der Waals surface area contributed by atoms with E-state index in [-0.39, 0.29) is 46.6 Å². The number of rotatable bonds is 11. The minimum Gasteiger partial charge on any atom is -0.508 e. The van der Waals surface area contributed by atoms with E-state index in [2.05, 4.69) is 30.8 Å². The van der Waals surface area contributed by atoms with Crippen molar-refractivity contribution in [2.24, 2.45) is 0 Å². The van der Waals surface area contributed by atoms with E-state index >= 15 is 9.18 Å². The predicted octanol–water partition coefficient (Wildman–Crippen LogP) is 7.91. The summed E-state index contributed by atoms with van der Waals surface area (Å²) in [6.45, 7) is 6.43. The summed E-state index contributed by atoms with van der Waals surface area (Å²) in [6.07, 6.45) is 3.06. The monoisotopic (exact) mass is 934 g/mol. The van der Waals surface area contributed by atoms with Gasteiger partial charge in [0.1, 0.15) is 28.4 Å². The lowest BCUT2D eigenvalue weighted by atomic mass is 9.85. The molecule has 1 saturated heterocycles. The van der Waals surface area contributed by atoms with Crippen molar-refractivity contribution < 1.29 is 33.8 Å². The van der Waals surface area contributed by atoms with Crippen molar-refractivity contribution in [1.82, 2.24) is 25.1 Å². The van der Waals surface area contributed by atoms with Gasteiger partial charge in [0.2, 0.25) is 0 Å². The lowest BCUT2D eigenvalue weighted by Gasteiger charge is -2.38. The fourth-order valence-corrected chi connectivity index (χ4v) is 10.4. The minimum absolute atomic E-state index is 0.106. The van der Waals surface area contributed by atoms with Gasteiger partial charge in [-0.05, 0) is 102 Å². The zero-order valence-electron chi connectivity index (χ0n) is 36.2.